The maximum absolute atomic E-state index is 4.46. The quantitative estimate of drug-likeness (QED) is 0.541. The molecule has 4 aromatic heterocycles. The lowest BCUT2D eigenvalue weighted by Crippen LogP contribution is -2.04. The third kappa shape index (κ3) is 1.65. The molecule has 4 rings (SSSR count). The number of fused-ring (bicyclic) bond motifs is 2. The number of hydrogen-bond donors (Lipinski definition) is 1. The summed E-state index contributed by atoms with van der Waals surface area (Å²) in [6.07, 6.45) is 2.04. The van der Waals surface area contributed by atoms with Crippen LogP contribution >= 0.6 is 0 Å². The van der Waals surface area contributed by atoms with E-state index in [9.17, 15) is 0 Å². The van der Waals surface area contributed by atoms with Crippen molar-refractivity contribution in [1.82, 2.24) is 39.6 Å². The van der Waals surface area contributed by atoms with E-state index in [2.05, 4.69) is 30.4 Å². The molecule has 0 amide bonds. The Morgan fingerprint density at radius 3 is 2.43 bits per heavy atom. The van der Waals surface area contributed by atoms with E-state index >= 15 is 0 Å². The summed E-state index contributed by atoms with van der Waals surface area (Å²) in [6.45, 7) is 7.67. The molecule has 4 heterocycles. The van der Waals surface area contributed by atoms with Gasteiger partial charge in [-0.25, -0.2) is 9.97 Å². The molecule has 106 valence electrons. The lowest BCUT2D eigenvalue weighted by Gasteiger charge is -1.89. The molecular weight excluding hydrogens is 268 g/mol. The average Bonchev–Trinajstić information content (AvgIpc) is 3.06. The molecule has 8 nitrogen and oxygen atoms in total. The van der Waals surface area contributed by atoms with Crippen LogP contribution in [0.25, 0.3) is 17.4 Å². The van der Waals surface area contributed by atoms with E-state index in [0.29, 0.717) is 5.82 Å². The zero-order valence-corrected chi connectivity index (χ0v) is 12.2. The molecule has 0 radical (unpaired) electrons. The molecule has 0 bridgehead atoms. The standard InChI is InChI=1S/C13H14N8/c1-6-10(12-14-8(3)18-20(12)16-6)5-11-7(2)17-21-13(11)15-9(4)19-21/h5,16H,1-4H3/b11-5-. The third-order valence-corrected chi connectivity index (χ3v) is 3.49. The van der Waals surface area contributed by atoms with Gasteiger partial charge in [-0.1, -0.05) is 0 Å². The molecule has 8 heteroatoms. The molecule has 0 atom stereocenters. The van der Waals surface area contributed by atoms with Crippen molar-refractivity contribution in [2.24, 2.45) is 0 Å². The van der Waals surface area contributed by atoms with Gasteiger partial charge in [0.1, 0.15) is 11.6 Å². The van der Waals surface area contributed by atoms with Crippen molar-refractivity contribution in [1.29, 1.82) is 0 Å². The summed E-state index contributed by atoms with van der Waals surface area (Å²) in [5.41, 5.74) is 4.45. The Labute approximate surface area is 119 Å². The van der Waals surface area contributed by atoms with Gasteiger partial charge in [0.25, 0.3) is 0 Å². The molecule has 0 saturated heterocycles. The number of nitrogens with one attached hydrogen (secondary N) is 1. The van der Waals surface area contributed by atoms with E-state index in [-0.39, 0.29) is 0 Å². The van der Waals surface area contributed by atoms with Crippen LogP contribution in [-0.4, -0.2) is 39.6 Å². The highest BCUT2D eigenvalue weighted by Gasteiger charge is 2.13. The normalized spacial score (nSPS) is 13.0. The number of rotatable bonds is 1. The molecule has 4 aromatic rings. The lowest BCUT2D eigenvalue weighted by molar-refractivity contribution is 0.793. The minimum atomic E-state index is 0.710. The topological polar surface area (TPSA) is 89.1 Å². The fraction of sp³-hybridized carbons (Fsp3) is 0.308. The van der Waals surface area contributed by atoms with E-state index in [1.807, 2.05) is 33.8 Å². The molecule has 1 N–H and O–H groups in total. The second kappa shape index (κ2) is 3.87. The Hall–Kier alpha value is -2.77. The lowest BCUT2D eigenvalue weighted by atomic mass is 10.2. The van der Waals surface area contributed by atoms with E-state index in [1.54, 1.807) is 9.26 Å². The van der Waals surface area contributed by atoms with Crippen LogP contribution in [0.2, 0.25) is 0 Å². The summed E-state index contributed by atoms with van der Waals surface area (Å²) in [7, 11) is 0. The van der Waals surface area contributed by atoms with E-state index < -0.39 is 0 Å². The zero-order chi connectivity index (χ0) is 14.7. The minimum Gasteiger partial charge on any atom is -0.280 e. The second-order valence-electron chi connectivity index (χ2n) is 5.16. The Balaban J connectivity index is 2.07. The van der Waals surface area contributed by atoms with Crippen LogP contribution in [0.15, 0.2) is 0 Å². The number of nitrogens with zero attached hydrogens (tertiary/aromatic N) is 7. The highest BCUT2D eigenvalue weighted by atomic mass is 15.5. The molecule has 0 aromatic carbocycles. The largest absolute Gasteiger partial charge is 0.280 e. The van der Waals surface area contributed by atoms with Gasteiger partial charge in [-0.05, 0) is 33.8 Å². The van der Waals surface area contributed by atoms with Gasteiger partial charge in [-0.2, -0.15) is 9.73 Å². The number of hydrogen-bond acceptors (Lipinski definition) is 5. The van der Waals surface area contributed by atoms with Crippen molar-refractivity contribution in [2.75, 3.05) is 0 Å². The highest BCUT2D eigenvalue weighted by Crippen LogP contribution is 2.14. The van der Waals surface area contributed by atoms with Crippen molar-refractivity contribution in [3.63, 3.8) is 0 Å². The highest BCUT2D eigenvalue weighted by molar-refractivity contribution is 5.70. The summed E-state index contributed by atoms with van der Waals surface area (Å²) in [5, 5.41) is 17.1. The van der Waals surface area contributed by atoms with E-state index in [1.165, 1.54) is 0 Å². The van der Waals surface area contributed by atoms with Crippen molar-refractivity contribution in [2.45, 2.75) is 27.7 Å². The van der Waals surface area contributed by atoms with Crippen LogP contribution in [0.3, 0.4) is 0 Å². The zero-order valence-electron chi connectivity index (χ0n) is 12.2. The van der Waals surface area contributed by atoms with Crippen molar-refractivity contribution >= 4 is 17.4 Å². The smallest absolute Gasteiger partial charge is 0.185 e. The number of aromatic amines is 1. The second-order valence-corrected chi connectivity index (χ2v) is 5.16. The van der Waals surface area contributed by atoms with Crippen LogP contribution < -0.4 is 5.22 Å². The predicted octanol–water partition coefficient (Wildman–Crippen LogP) is 0.276. The fourth-order valence-electron chi connectivity index (χ4n) is 2.54. The molecule has 0 aliphatic carbocycles. The van der Waals surface area contributed by atoms with Gasteiger partial charge in [-0.15, -0.1) is 14.8 Å². The van der Waals surface area contributed by atoms with Crippen LogP contribution in [0, 0.1) is 27.7 Å². The first-order chi connectivity index (χ1) is 10.0. The van der Waals surface area contributed by atoms with Gasteiger partial charge < -0.3 is 0 Å². The van der Waals surface area contributed by atoms with Crippen LogP contribution in [0.1, 0.15) is 28.6 Å². The molecule has 0 aliphatic heterocycles. The predicted molar refractivity (Wildman–Crippen MR) is 75.9 cm³/mol. The SMILES string of the molecule is Cc1nc2/c(=C\c3c(C)[nH]n4nc(C)nc34)c(C)nn2n1. The first-order valence-corrected chi connectivity index (χ1v) is 6.66. The van der Waals surface area contributed by atoms with Crippen LogP contribution in [0.5, 0.6) is 0 Å². The Kier molecular flexibility index (Phi) is 2.21. The van der Waals surface area contributed by atoms with E-state index in [4.69, 9.17) is 0 Å². The van der Waals surface area contributed by atoms with Gasteiger partial charge in [0.15, 0.2) is 11.3 Å². The van der Waals surface area contributed by atoms with Crippen LogP contribution in [-0.2, 0) is 0 Å². The van der Waals surface area contributed by atoms with Gasteiger partial charge >= 0.3 is 0 Å². The maximum atomic E-state index is 4.46. The number of aryl methyl sites for hydroxylation is 4. The molecule has 0 fully saturated rings. The summed E-state index contributed by atoms with van der Waals surface area (Å²) in [4.78, 5) is 8.89. The minimum absolute atomic E-state index is 0.710. The average molecular weight is 282 g/mol. The Morgan fingerprint density at radius 1 is 0.905 bits per heavy atom. The van der Waals surface area contributed by atoms with Crippen molar-refractivity contribution in [3.8, 4) is 0 Å². The number of aromatic nitrogens is 8. The summed E-state index contributed by atoms with van der Waals surface area (Å²) < 4.78 is 3.26. The molecule has 0 saturated carbocycles. The molecule has 21 heavy (non-hydrogen) atoms. The summed E-state index contributed by atoms with van der Waals surface area (Å²) in [5.74, 6) is 1.44. The summed E-state index contributed by atoms with van der Waals surface area (Å²) in [6, 6.07) is 0. The first kappa shape index (κ1) is 12.0. The molecule has 0 unspecified atom stereocenters. The van der Waals surface area contributed by atoms with Gasteiger partial charge in [-0.3, -0.25) is 5.10 Å². The van der Waals surface area contributed by atoms with Gasteiger partial charge in [0.05, 0.1) is 5.69 Å². The maximum Gasteiger partial charge on any atom is 0.185 e. The third-order valence-electron chi connectivity index (χ3n) is 3.49. The van der Waals surface area contributed by atoms with Crippen molar-refractivity contribution < 1.29 is 0 Å². The van der Waals surface area contributed by atoms with E-state index in [0.717, 1.165) is 39.3 Å². The Bertz CT molecular complexity index is 1030. The summed E-state index contributed by atoms with van der Waals surface area (Å²) >= 11 is 0. The van der Waals surface area contributed by atoms with Crippen LogP contribution in [0.4, 0.5) is 0 Å². The van der Waals surface area contributed by atoms with Gasteiger partial charge in [0.2, 0.25) is 0 Å². The fourth-order valence-corrected chi connectivity index (χ4v) is 2.54. The first-order valence-electron chi connectivity index (χ1n) is 6.66. The van der Waals surface area contributed by atoms with Crippen molar-refractivity contribution in [3.05, 3.63) is 33.8 Å². The van der Waals surface area contributed by atoms with Gasteiger partial charge in [0, 0.05) is 16.5 Å². The molecule has 0 spiro atoms. The monoisotopic (exact) mass is 282 g/mol. The molecule has 0 aliphatic rings. The number of H-pyrrole nitrogens is 1. The molecular formula is C13H14N8. The Morgan fingerprint density at radius 2 is 1.62 bits per heavy atom.